The van der Waals surface area contributed by atoms with Crippen LogP contribution in [0.15, 0.2) is 78.9 Å². The van der Waals surface area contributed by atoms with E-state index in [1.165, 1.54) is 0 Å². The van der Waals surface area contributed by atoms with E-state index in [1.54, 1.807) is 18.1 Å². The molecule has 1 atom stereocenters. The molecule has 0 spiro atoms. The van der Waals surface area contributed by atoms with Gasteiger partial charge in [0.1, 0.15) is 11.8 Å². The highest BCUT2D eigenvalue weighted by atomic mass is 35.5. The highest BCUT2D eigenvalue weighted by molar-refractivity contribution is 6.31. The Morgan fingerprint density at radius 1 is 0.943 bits per heavy atom. The smallest absolute Gasteiger partial charge is 0.243 e. The zero-order valence-electron chi connectivity index (χ0n) is 20.4. The van der Waals surface area contributed by atoms with Gasteiger partial charge in [0, 0.05) is 24.5 Å². The Kier molecular flexibility index (Phi) is 10.2. The summed E-state index contributed by atoms with van der Waals surface area (Å²) in [5.74, 6) is 0.436. The summed E-state index contributed by atoms with van der Waals surface area (Å²) in [6, 6.07) is 24.0. The number of amides is 2. The van der Waals surface area contributed by atoms with Crippen molar-refractivity contribution in [3.8, 4) is 5.75 Å². The third kappa shape index (κ3) is 7.86. The Bertz CT molecular complexity index is 1090. The SMILES string of the molecule is CCCCNC(=O)[C@H](Cc1ccccc1)N(Cc1ccccc1Cl)C(=O)Cc1ccc(OC)cc1. The molecule has 0 bridgehead atoms. The van der Waals surface area contributed by atoms with Crippen molar-refractivity contribution in [3.05, 3.63) is 101 Å². The van der Waals surface area contributed by atoms with E-state index in [-0.39, 0.29) is 24.8 Å². The molecule has 6 heteroatoms. The number of hydrogen-bond donors (Lipinski definition) is 1. The van der Waals surface area contributed by atoms with Crippen LogP contribution in [0, 0.1) is 0 Å². The van der Waals surface area contributed by atoms with E-state index in [0.717, 1.165) is 35.3 Å². The van der Waals surface area contributed by atoms with Crippen LogP contribution in [0.1, 0.15) is 36.5 Å². The molecule has 3 rings (SSSR count). The predicted octanol–water partition coefficient (Wildman–Crippen LogP) is 5.45. The molecule has 3 aromatic carbocycles. The molecule has 0 heterocycles. The quantitative estimate of drug-likeness (QED) is 0.342. The summed E-state index contributed by atoms with van der Waals surface area (Å²) in [6.45, 7) is 2.90. The normalized spacial score (nSPS) is 11.5. The number of methoxy groups -OCH3 is 1. The highest BCUT2D eigenvalue weighted by Gasteiger charge is 2.30. The Balaban J connectivity index is 1.93. The second kappa shape index (κ2) is 13.5. The van der Waals surface area contributed by atoms with Crippen molar-refractivity contribution in [3.63, 3.8) is 0 Å². The number of rotatable bonds is 12. The number of ether oxygens (including phenoxy) is 1. The summed E-state index contributed by atoms with van der Waals surface area (Å²) in [5, 5.41) is 3.61. The molecule has 0 radical (unpaired) electrons. The summed E-state index contributed by atoms with van der Waals surface area (Å²) in [5.41, 5.74) is 2.64. The monoisotopic (exact) mass is 492 g/mol. The first-order valence-electron chi connectivity index (χ1n) is 12.0. The maximum atomic E-state index is 13.7. The fourth-order valence-corrected chi connectivity index (χ4v) is 4.09. The van der Waals surface area contributed by atoms with Crippen LogP contribution >= 0.6 is 11.6 Å². The minimum Gasteiger partial charge on any atom is -0.497 e. The molecular weight excluding hydrogens is 460 g/mol. The van der Waals surface area contributed by atoms with Crippen LogP contribution in [0.4, 0.5) is 0 Å². The average Bonchev–Trinajstić information content (AvgIpc) is 2.88. The minimum absolute atomic E-state index is 0.137. The van der Waals surface area contributed by atoms with Gasteiger partial charge >= 0.3 is 0 Å². The molecule has 5 nitrogen and oxygen atoms in total. The summed E-state index contributed by atoms with van der Waals surface area (Å²) >= 11 is 6.46. The van der Waals surface area contributed by atoms with Gasteiger partial charge in [0.2, 0.25) is 11.8 Å². The Morgan fingerprint density at radius 3 is 2.29 bits per heavy atom. The van der Waals surface area contributed by atoms with Crippen molar-refractivity contribution < 1.29 is 14.3 Å². The predicted molar refractivity (Wildman–Crippen MR) is 141 cm³/mol. The molecule has 1 N–H and O–H groups in total. The van der Waals surface area contributed by atoms with Crippen LogP contribution in [0.25, 0.3) is 0 Å². The molecule has 0 aliphatic carbocycles. The van der Waals surface area contributed by atoms with Crippen molar-refractivity contribution in [2.75, 3.05) is 13.7 Å². The van der Waals surface area contributed by atoms with Gasteiger partial charge in [-0.15, -0.1) is 0 Å². The van der Waals surface area contributed by atoms with Gasteiger partial charge in [-0.3, -0.25) is 9.59 Å². The fourth-order valence-electron chi connectivity index (χ4n) is 3.89. The van der Waals surface area contributed by atoms with Gasteiger partial charge in [-0.2, -0.15) is 0 Å². The molecule has 0 aliphatic heterocycles. The fraction of sp³-hybridized carbons (Fsp3) is 0.310. The molecule has 0 aromatic heterocycles. The van der Waals surface area contributed by atoms with Crippen LogP contribution in [-0.2, 0) is 29.0 Å². The number of nitrogens with one attached hydrogen (secondary N) is 1. The third-order valence-corrected chi connectivity index (χ3v) is 6.28. The number of benzene rings is 3. The topological polar surface area (TPSA) is 58.6 Å². The van der Waals surface area contributed by atoms with Crippen molar-refractivity contribution in [1.82, 2.24) is 10.2 Å². The first-order valence-corrected chi connectivity index (χ1v) is 12.4. The standard InChI is InChI=1S/C29H33ClN2O3/c1-3-4-18-31-29(34)27(19-22-10-6-5-7-11-22)32(21-24-12-8-9-13-26(24)30)28(33)20-23-14-16-25(35-2)17-15-23/h5-17,27H,3-4,18-21H2,1-2H3,(H,31,34)/t27-/m0/s1. The van der Waals surface area contributed by atoms with Gasteiger partial charge < -0.3 is 15.0 Å². The number of hydrogen-bond acceptors (Lipinski definition) is 3. The first kappa shape index (κ1) is 26.3. The van der Waals surface area contributed by atoms with E-state index in [2.05, 4.69) is 12.2 Å². The number of halogens is 1. The summed E-state index contributed by atoms with van der Waals surface area (Å²) in [4.78, 5) is 28.8. The zero-order valence-corrected chi connectivity index (χ0v) is 21.1. The Hall–Kier alpha value is -3.31. The molecule has 2 amide bonds. The minimum atomic E-state index is -0.670. The summed E-state index contributed by atoms with van der Waals surface area (Å²) in [6.07, 6.45) is 2.44. The average molecular weight is 493 g/mol. The number of carbonyl (C=O) groups is 2. The molecule has 0 saturated heterocycles. The lowest BCUT2D eigenvalue weighted by Crippen LogP contribution is -2.51. The largest absolute Gasteiger partial charge is 0.497 e. The van der Waals surface area contributed by atoms with E-state index >= 15 is 0 Å². The van der Waals surface area contributed by atoms with Crippen LogP contribution < -0.4 is 10.1 Å². The molecule has 0 unspecified atom stereocenters. The zero-order chi connectivity index (χ0) is 25.0. The van der Waals surface area contributed by atoms with Crippen molar-refractivity contribution in [2.24, 2.45) is 0 Å². The van der Waals surface area contributed by atoms with E-state index in [9.17, 15) is 9.59 Å². The molecule has 184 valence electrons. The molecule has 0 saturated carbocycles. The number of nitrogens with zero attached hydrogens (tertiary/aromatic N) is 1. The van der Waals surface area contributed by atoms with Crippen molar-refractivity contribution in [2.45, 2.75) is 45.2 Å². The molecular formula is C29H33ClN2O3. The number of unbranched alkanes of at least 4 members (excludes halogenated alkanes) is 1. The van der Waals surface area contributed by atoms with Crippen LogP contribution in [0.3, 0.4) is 0 Å². The van der Waals surface area contributed by atoms with E-state index in [0.29, 0.717) is 18.0 Å². The first-order chi connectivity index (χ1) is 17.0. The molecule has 35 heavy (non-hydrogen) atoms. The molecule has 3 aromatic rings. The molecule has 0 aliphatic rings. The lowest BCUT2D eigenvalue weighted by molar-refractivity contribution is -0.140. The van der Waals surface area contributed by atoms with Gasteiger partial charge in [0.05, 0.1) is 13.5 Å². The third-order valence-electron chi connectivity index (χ3n) is 5.91. The van der Waals surface area contributed by atoms with Gasteiger partial charge in [0.25, 0.3) is 0 Å². The second-order valence-electron chi connectivity index (χ2n) is 8.49. The lowest BCUT2D eigenvalue weighted by Gasteiger charge is -2.32. The van der Waals surface area contributed by atoms with Crippen LogP contribution in [0.5, 0.6) is 5.75 Å². The van der Waals surface area contributed by atoms with Crippen molar-refractivity contribution in [1.29, 1.82) is 0 Å². The second-order valence-corrected chi connectivity index (χ2v) is 8.90. The van der Waals surface area contributed by atoms with Gasteiger partial charge in [-0.1, -0.05) is 85.6 Å². The van der Waals surface area contributed by atoms with E-state index in [1.807, 2.05) is 72.8 Å². The maximum Gasteiger partial charge on any atom is 0.243 e. The van der Waals surface area contributed by atoms with Crippen LogP contribution in [-0.4, -0.2) is 36.4 Å². The van der Waals surface area contributed by atoms with E-state index < -0.39 is 6.04 Å². The van der Waals surface area contributed by atoms with Crippen molar-refractivity contribution >= 4 is 23.4 Å². The Labute approximate surface area is 213 Å². The lowest BCUT2D eigenvalue weighted by atomic mass is 10.0. The highest BCUT2D eigenvalue weighted by Crippen LogP contribution is 2.22. The summed E-state index contributed by atoms with van der Waals surface area (Å²) < 4.78 is 5.23. The van der Waals surface area contributed by atoms with E-state index in [4.69, 9.17) is 16.3 Å². The van der Waals surface area contributed by atoms with Gasteiger partial charge in [0.15, 0.2) is 0 Å². The molecule has 0 fully saturated rings. The maximum absolute atomic E-state index is 13.7. The van der Waals surface area contributed by atoms with Crippen LogP contribution in [0.2, 0.25) is 5.02 Å². The Morgan fingerprint density at radius 2 is 1.63 bits per heavy atom. The van der Waals surface area contributed by atoms with Gasteiger partial charge in [-0.25, -0.2) is 0 Å². The van der Waals surface area contributed by atoms with Gasteiger partial charge in [-0.05, 0) is 41.3 Å². The summed E-state index contributed by atoms with van der Waals surface area (Å²) in [7, 11) is 1.61. The number of carbonyl (C=O) groups excluding carboxylic acids is 2.